The highest BCUT2D eigenvalue weighted by molar-refractivity contribution is 5.67. The molecule has 3 N–H and O–H groups in total. The predicted octanol–water partition coefficient (Wildman–Crippen LogP) is 1.96. The van der Waals surface area contributed by atoms with Crippen LogP contribution in [0, 0.1) is 11.3 Å². The Labute approximate surface area is 148 Å². The van der Waals surface area contributed by atoms with Crippen LogP contribution in [0.15, 0.2) is 24.3 Å². The molecule has 2 atom stereocenters. The molecule has 0 saturated carbocycles. The molecule has 138 valence electrons. The van der Waals surface area contributed by atoms with Crippen molar-refractivity contribution >= 4 is 11.8 Å². The molecular formula is C18H27N3O4. The highest BCUT2D eigenvalue weighted by atomic mass is 16.6. The summed E-state index contributed by atoms with van der Waals surface area (Å²) < 4.78 is 5.08. The Morgan fingerprint density at radius 2 is 1.92 bits per heavy atom. The zero-order valence-electron chi connectivity index (χ0n) is 15.2. The minimum absolute atomic E-state index is 0.125. The van der Waals surface area contributed by atoms with Crippen LogP contribution in [0.2, 0.25) is 0 Å². The average Bonchev–Trinajstić information content (AvgIpc) is 2.55. The largest absolute Gasteiger partial charge is 0.444 e. The number of carbonyl (C=O) groups is 1. The molecule has 0 fully saturated rings. The molecule has 0 aliphatic rings. The van der Waals surface area contributed by atoms with Crippen molar-refractivity contribution in [2.45, 2.75) is 45.0 Å². The number of ether oxygens (including phenoxy) is 1. The number of aliphatic hydroxyl groups is 2. The molecule has 0 aliphatic carbocycles. The number of aliphatic hydroxyl groups excluding tert-OH is 2. The number of anilines is 1. The fourth-order valence-corrected chi connectivity index (χ4v) is 2.11. The summed E-state index contributed by atoms with van der Waals surface area (Å²) in [4.78, 5) is 13.5. The molecule has 1 aromatic carbocycles. The van der Waals surface area contributed by atoms with E-state index in [1.807, 2.05) is 24.1 Å². The van der Waals surface area contributed by atoms with Gasteiger partial charge in [-0.25, -0.2) is 4.79 Å². The van der Waals surface area contributed by atoms with Gasteiger partial charge in [-0.05, 0) is 38.5 Å². The summed E-state index contributed by atoms with van der Waals surface area (Å²) >= 11 is 0. The van der Waals surface area contributed by atoms with Crippen LogP contribution in [0.3, 0.4) is 0 Å². The normalized spacial score (nSPS) is 13.5. The summed E-state index contributed by atoms with van der Waals surface area (Å²) in [5, 5.41) is 31.3. The fourth-order valence-electron chi connectivity index (χ4n) is 2.11. The zero-order valence-corrected chi connectivity index (χ0v) is 15.2. The van der Waals surface area contributed by atoms with Crippen molar-refractivity contribution in [2.24, 2.45) is 0 Å². The van der Waals surface area contributed by atoms with Gasteiger partial charge in [-0.3, -0.25) is 0 Å². The quantitative estimate of drug-likeness (QED) is 0.695. The van der Waals surface area contributed by atoms with Crippen LogP contribution < -0.4 is 10.2 Å². The van der Waals surface area contributed by atoms with Crippen molar-refractivity contribution in [3.63, 3.8) is 0 Å². The van der Waals surface area contributed by atoms with Crippen molar-refractivity contribution in [1.82, 2.24) is 5.32 Å². The maximum atomic E-state index is 11.6. The van der Waals surface area contributed by atoms with E-state index >= 15 is 0 Å². The molecule has 2 unspecified atom stereocenters. The Hall–Kier alpha value is -2.30. The SMILES string of the molecule is CN(CCC#N)c1ccc(C(O)C(O)CNC(=O)OC(C)(C)C)cc1. The summed E-state index contributed by atoms with van der Waals surface area (Å²) in [7, 11) is 1.88. The van der Waals surface area contributed by atoms with Crippen molar-refractivity contribution in [2.75, 3.05) is 25.0 Å². The molecular weight excluding hydrogens is 322 g/mol. The van der Waals surface area contributed by atoms with Crippen molar-refractivity contribution < 1.29 is 19.7 Å². The van der Waals surface area contributed by atoms with E-state index in [2.05, 4.69) is 11.4 Å². The maximum Gasteiger partial charge on any atom is 0.407 e. The lowest BCUT2D eigenvalue weighted by molar-refractivity contribution is 0.0129. The number of rotatable bonds is 7. The molecule has 0 saturated heterocycles. The lowest BCUT2D eigenvalue weighted by Gasteiger charge is -2.23. The lowest BCUT2D eigenvalue weighted by Crippen LogP contribution is -2.38. The number of nitrogens with zero attached hydrogens (tertiary/aromatic N) is 2. The first-order valence-electron chi connectivity index (χ1n) is 8.15. The summed E-state index contributed by atoms with van der Waals surface area (Å²) in [5.74, 6) is 0. The number of hydrogen-bond donors (Lipinski definition) is 3. The number of benzene rings is 1. The summed E-state index contributed by atoms with van der Waals surface area (Å²) in [6, 6.07) is 9.13. The molecule has 0 radical (unpaired) electrons. The van der Waals surface area contributed by atoms with Crippen LogP contribution in [-0.4, -0.2) is 48.1 Å². The van der Waals surface area contributed by atoms with Gasteiger partial charge in [0.2, 0.25) is 0 Å². The highest BCUT2D eigenvalue weighted by Crippen LogP contribution is 2.21. The van der Waals surface area contributed by atoms with Crippen LogP contribution in [0.25, 0.3) is 0 Å². The number of nitriles is 1. The van der Waals surface area contributed by atoms with Gasteiger partial charge in [0, 0.05) is 25.8 Å². The number of nitrogens with one attached hydrogen (secondary N) is 1. The summed E-state index contributed by atoms with van der Waals surface area (Å²) in [6.45, 7) is 5.72. The van der Waals surface area contributed by atoms with E-state index in [0.717, 1.165) is 5.69 Å². The zero-order chi connectivity index (χ0) is 19.0. The van der Waals surface area contributed by atoms with Gasteiger partial charge in [0.25, 0.3) is 0 Å². The van der Waals surface area contributed by atoms with Crippen molar-refractivity contribution in [3.05, 3.63) is 29.8 Å². The van der Waals surface area contributed by atoms with Crippen LogP contribution in [0.4, 0.5) is 10.5 Å². The third kappa shape index (κ3) is 7.42. The molecule has 0 spiro atoms. The second-order valence-corrected chi connectivity index (χ2v) is 6.82. The summed E-state index contributed by atoms with van der Waals surface area (Å²) in [6.07, 6.45) is -2.51. The Bertz CT molecular complexity index is 590. The smallest absolute Gasteiger partial charge is 0.407 e. The van der Waals surface area contributed by atoms with Gasteiger partial charge in [-0.15, -0.1) is 0 Å². The molecule has 7 nitrogen and oxygen atoms in total. The second kappa shape index (κ2) is 9.25. The first-order chi connectivity index (χ1) is 11.6. The molecule has 1 aromatic rings. The maximum absolute atomic E-state index is 11.6. The monoisotopic (exact) mass is 349 g/mol. The van der Waals surface area contributed by atoms with Crippen LogP contribution in [0.1, 0.15) is 38.9 Å². The molecule has 0 aliphatic heterocycles. The number of amides is 1. The average molecular weight is 349 g/mol. The third-order valence-electron chi connectivity index (χ3n) is 3.45. The first kappa shape index (κ1) is 20.7. The molecule has 0 heterocycles. The van der Waals surface area contributed by atoms with Gasteiger partial charge in [0.1, 0.15) is 17.8 Å². The van der Waals surface area contributed by atoms with E-state index in [4.69, 9.17) is 10.00 Å². The number of alkyl carbamates (subject to hydrolysis) is 1. The topological polar surface area (TPSA) is 106 Å². The number of hydrogen-bond acceptors (Lipinski definition) is 6. The van der Waals surface area contributed by atoms with Gasteiger partial charge in [0.15, 0.2) is 0 Å². The van der Waals surface area contributed by atoms with Crippen LogP contribution >= 0.6 is 0 Å². The van der Waals surface area contributed by atoms with Crippen molar-refractivity contribution in [1.29, 1.82) is 5.26 Å². The highest BCUT2D eigenvalue weighted by Gasteiger charge is 2.21. The van der Waals surface area contributed by atoms with Gasteiger partial charge < -0.3 is 25.2 Å². The van der Waals surface area contributed by atoms with E-state index < -0.39 is 23.9 Å². The molecule has 25 heavy (non-hydrogen) atoms. The Balaban J connectivity index is 2.57. The Morgan fingerprint density at radius 1 is 1.32 bits per heavy atom. The molecule has 0 aromatic heterocycles. The molecule has 0 bridgehead atoms. The standard InChI is InChI=1S/C18H27N3O4/c1-18(2,3)25-17(24)20-12-15(22)16(23)13-6-8-14(9-7-13)21(4)11-5-10-19/h6-9,15-16,22-23H,5,11-12H2,1-4H3,(H,20,24). The van der Waals surface area contributed by atoms with Gasteiger partial charge >= 0.3 is 6.09 Å². The number of carbonyl (C=O) groups excluding carboxylic acids is 1. The fraction of sp³-hybridized carbons (Fsp3) is 0.556. The first-order valence-corrected chi connectivity index (χ1v) is 8.15. The minimum Gasteiger partial charge on any atom is -0.444 e. The Kier molecular flexibility index (Phi) is 7.68. The lowest BCUT2D eigenvalue weighted by atomic mass is 10.0. The second-order valence-electron chi connectivity index (χ2n) is 6.82. The van der Waals surface area contributed by atoms with E-state index in [1.54, 1.807) is 32.9 Å². The molecule has 1 amide bonds. The minimum atomic E-state index is -1.16. The van der Waals surface area contributed by atoms with Gasteiger partial charge in [0.05, 0.1) is 12.5 Å². The molecule has 7 heteroatoms. The van der Waals surface area contributed by atoms with Crippen LogP contribution in [0.5, 0.6) is 0 Å². The van der Waals surface area contributed by atoms with Gasteiger partial charge in [-0.1, -0.05) is 12.1 Å². The van der Waals surface area contributed by atoms with Crippen molar-refractivity contribution in [3.8, 4) is 6.07 Å². The summed E-state index contributed by atoms with van der Waals surface area (Å²) in [5.41, 5.74) is 0.824. The Morgan fingerprint density at radius 3 is 2.44 bits per heavy atom. The van der Waals surface area contributed by atoms with Crippen LogP contribution in [-0.2, 0) is 4.74 Å². The third-order valence-corrected chi connectivity index (χ3v) is 3.45. The van der Waals surface area contributed by atoms with E-state index in [-0.39, 0.29) is 6.54 Å². The van der Waals surface area contributed by atoms with Gasteiger partial charge in [-0.2, -0.15) is 5.26 Å². The van der Waals surface area contributed by atoms with E-state index in [9.17, 15) is 15.0 Å². The van der Waals surface area contributed by atoms with E-state index in [1.165, 1.54) is 0 Å². The predicted molar refractivity (Wildman–Crippen MR) is 95.1 cm³/mol. The van der Waals surface area contributed by atoms with E-state index in [0.29, 0.717) is 18.5 Å². The molecule has 1 rings (SSSR count).